The first-order chi connectivity index (χ1) is 8.54. The van der Waals surface area contributed by atoms with Gasteiger partial charge in [-0.25, -0.2) is 13.1 Å². The van der Waals surface area contributed by atoms with Crippen molar-refractivity contribution >= 4 is 37.3 Å². The van der Waals surface area contributed by atoms with Crippen molar-refractivity contribution in [2.24, 2.45) is 5.73 Å². The fourth-order valence-electron chi connectivity index (χ4n) is 1.36. The molecule has 0 radical (unpaired) electrons. The van der Waals surface area contributed by atoms with E-state index in [9.17, 15) is 8.42 Å². The summed E-state index contributed by atoms with van der Waals surface area (Å²) < 4.78 is 27.5. The molecule has 0 fully saturated rings. The van der Waals surface area contributed by atoms with Gasteiger partial charge in [0.15, 0.2) is 5.03 Å². The summed E-state index contributed by atoms with van der Waals surface area (Å²) in [5.41, 5.74) is 5.91. The van der Waals surface area contributed by atoms with E-state index in [-0.39, 0.29) is 18.1 Å². The van der Waals surface area contributed by atoms with Crippen LogP contribution < -0.4 is 10.5 Å². The molecular formula is C9H11BrN4O2S2. The smallest absolute Gasteiger partial charge is 0.258 e. The minimum atomic E-state index is -3.61. The highest BCUT2D eigenvalue weighted by Crippen LogP contribution is 2.23. The molecule has 6 nitrogen and oxygen atoms in total. The Morgan fingerprint density at radius 3 is 2.94 bits per heavy atom. The predicted octanol–water partition coefficient (Wildman–Crippen LogP) is 1.17. The average Bonchev–Trinajstić information content (AvgIpc) is 2.95. The van der Waals surface area contributed by atoms with Gasteiger partial charge in [0, 0.05) is 28.0 Å². The van der Waals surface area contributed by atoms with Crippen LogP contribution in [0.25, 0.3) is 0 Å². The highest BCUT2D eigenvalue weighted by atomic mass is 79.9. The number of sulfonamides is 1. The van der Waals surface area contributed by atoms with Gasteiger partial charge < -0.3 is 5.73 Å². The number of nitrogens with one attached hydrogen (secondary N) is 2. The molecule has 0 saturated heterocycles. The first-order valence-electron chi connectivity index (χ1n) is 4.98. The van der Waals surface area contributed by atoms with Crippen LogP contribution in [0.1, 0.15) is 10.4 Å². The van der Waals surface area contributed by atoms with Crippen molar-refractivity contribution in [1.29, 1.82) is 0 Å². The Hall–Kier alpha value is -0.740. The van der Waals surface area contributed by atoms with Gasteiger partial charge in [-0.05, 0) is 27.4 Å². The van der Waals surface area contributed by atoms with Crippen molar-refractivity contribution in [3.05, 3.63) is 32.6 Å². The number of nitrogens with two attached hydrogens (primary N) is 1. The van der Waals surface area contributed by atoms with E-state index < -0.39 is 10.0 Å². The molecule has 0 unspecified atom stereocenters. The van der Waals surface area contributed by atoms with Crippen molar-refractivity contribution < 1.29 is 8.42 Å². The number of hydrogen-bond donors (Lipinski definition) is 3. The van der Waals surface area contributed by atoms with Crippen molar-refractivity contribution in [2.75, 3.05) is 0 Å². The van der Waals surface area contributed by atoms with Gasteiger partial charge in [-0.15, -0.1) is 11.3 Å². The number of H-pyrrole nitrogens is 1. The molecule has 18 heavy (non-hydrogen) atoms. The summed E-state index contributed by atoms with van der Waals surface area (Å²) in [5, 5.41) is 8.05. The first kappa shape index (κ1) is 13.7. The van der Waals surface area contributed by atoms with Crippen LogP contribution in [-0.2, 0) is 23.1 Å². The van der Waals surface area contributed by atoms with Crippen molar-refractivity contribution in [1.82, 2.24) is 14.9 Å². The molecule has 2 heterocycles. The van der Waals surface area contributed by atoms with Crippen molar-refractivity contribution in [3.63, 3.8) is 0 Å². The summed E-state index contributed by atoms with van der Waals surface area (Å²) in [6, 6.07) is 1.87. The standard InChI is InChI=1S/C9H11BrN4O2S2/c10-7-1-2-17-8(7)5-13-18(15,16)9-6(3-11)4-12-14-9/h1-2,4,13H,3,5,11H2,(H,12,14). The third-order valence-electron chi connectivity index (χ3n) is 2.28. The average molecular weight is 351 g/mol. The lowest BCUT2D eigenvalue weighted by molar-refractivity contribution is 0.576. The number of thiophene rings is 1. The first-order valence-corrected chi connectivity index (χ1v) is 8.14. The lowest BCUT2D eigenvalue weighted by Gasteiger charge is -2.05. The largest absolute Gasteiger partial charge is 0.326 e. The highest BCUT2D eigenvalue weighted by Gasteiger charge is 2.20. The molecule has 0 atom stereocenters. The monoisotopic (exact) mass is 350 g/mol. The molecule has 0 aliphatic rings. The number of halogens is 1. The van der Waals surface area contributed by atoms with Gasteiger partial charge in [0.1, 0.15) is 0 Å². The van der Waals surface area contributed by atoms with Gasteiger partial charge in [0.05, 0.1) is 6.20 Å². The van der Waals surface area contributed by atoms with Crippen LogP contribution in [0.5, 0.6) is 0 Å². The Morgan fingerprint density at radius 1 is 1.56 bits per heavy atom. The maximum absolute atomic E-state index is 12.0. The maximum atomic E-state index is 12.0. The number of nitrogens with zero attached hydrogens (tertiary/aromatic N) is 1. The predicted molar refractivity (Wildman–Crippen MR) is 72.5 cm³/mol. The Balaban J connectivity index is 2.16. The van der Waals surface area contributed by atoms with E-state index in [1.165, 1.54) is 17.5 Å². The summed E-state index contributed by atoms with van der Waals surface area (Å²) in [7, 11) is -3.61. The third-order valence-corrected chi connectivity index (χ3v) is 5.62. The van der Waals surface area contributed by atoms with Crippen LogP contribution in [0.15, 0.2) is 27.1 Å². The summed E-state index contributed by atoms with van der Waals surface area (Å²) in [4.78, 5) is 0.910. The number of aromatic nitrogens is 2. The fourth-order valence-corrected chi connectivity index (χ4v) is 4.02. The number of hydrogen-bond acceptors (Lipinski definition) is 5. The van der Waals surface area contributed by atoms with Gasteiger partial charge in [0.25, 0.3) is 10.0 Å². The van der Waals surface area contributed by atoms with E-state index in [0.717, 1.165) is 9.35 Å². The second-order valence-corrected chi connectivity index (χ2v) is 7.00. The number of rotatable bonds is 5. The third kappa shape index (κ3) is 2.81. The van der Waals surface area contributed by atoms with Crippen molar-refractivity contribution in [3.8, 4) is 0 Å². The van der Waals surface area contributed by atoms with Crippen molar-refractivity contribution in [2.45, 2.75) is 18.1 Å². The SMILES string of the molecule is NCc1cn[nH]c1S(=O)(=O)NCc1sccc1Br. The van der Waals surface area contributed by atoms with Gasteiger partial charge >= 0.3 is 0 Å². The van der Waals surface area contributed by atoms with Gasteiger partial charge in [0.2, 0.25) is 0 Å². The molecule has 0 bridgehead atoms. The Labute approximate surface area is 117 Å². The normalized spacial score (nSPS) is 11.9. The highest BCUT2D eigenvalue weighted by molar-refractivity contribution is 9.10. The zero-order chi connectivity index (χ0) is 13.2. The fraction of sp³-hybridized carbons (Fsp3) is 0.222. The second-order valence-electron chi connectivity index (χ2n) is 3.44. The molecule has 0 saturated carbocycles. The molecule has 9 heteroatoms. The van der Waals surface area contributed by atoms with E-state index in [2.05, 4.69) is 30.8 Å². The quantitative estimate of drug-likeness (QED) is 0.753. The van der Waals surface area contributed by atoms with Crippen LogP contribution in [0, 0.1) is 0 Å². The molecule has 98 valence electrons. The summed E-state index contributed by atoms with van der Waals surface area (Å²) in [5.74, 6) is 0. The Morgan fingerprint density at radius 2 is 2.33 bits per heavy atom. The molecule has 0 aliphatic carbocycles. The van der Waals surface area contributed by atoms with Crippen LogP contribution in [0.2, 0.25) is 0 Å². The molecular weight excluding hydrogens is 340 g/mol. The Kier molecular flexibility index (Phi) is 4.17. The summed E-state index contributed by atoms with van der Waals surface area (Å²) >= 11 is 4.82. The maximum Gasteiger partial charge on any atom is 0.258 e. The summed E-state index contributed by atoms with van der Waals surface area (Å²) in [6.07, 6.45) is 1.41. The van der Waals surface area contributed by atoms with Gasteiger partial charge in [-0.3, -0.25) is 5.10 Å². The molecule has 0 aliphatic heterocycles. The zero-order valence-electron chi connectivity index (χ0n) is 9.18. The van der Waals surface area contributed by atoms with Gasteiger partial charge in [-0.1, -0.05) is 0 Å². The summed E-state index contributed by atoms with van der Waals surface area (Å²) in [6.45, 7) is 0.346. The lowest BCUT2D eigenvalue weighted by Crippen LogP contribution is -2.24. The molecule has 2 rings (SSSR count). The second kappa shape index (κ2) is 5.49. The van der Waals surface area contributed by atoms with Gasteiger partial charge in [-0.2, -0.15) is 5.10 Å². The van der Waals surface area contributed by atoms with Crippen LogP contribution in [0.3, 0.4) is 0 Å². The van der Waals surface area contributed by atoms with E-state index >= 15 is 0 Å². The molecule has 0 aromatic carbocycles. The van der Waals surface area contributed by atoms with Crippen LogP contribution in [-0.4, -0.2) is 18.6 Å². The van der Waals surface area contributed by atoms with E-state index in [1.54, 1.807) is 0 Å². The molecule has 2 aromatic rings. The lowest BCUT2D eigenvalue weighted by atomic mass is 10.4. The Bertz CT molecular complexity index is 635. The minimum Gasteiger partial charge on any atom is -0.326 e. The van der Waals surface area contributed by atoms with E-state index in [1.807, 2.05) is 11.4 Å². The van der Waals surface area contributed by atoms with E-state index in [4.69, 9.17) is 5.73 Å². The zero-order valence-corrected chi connectivity index (χ0v) is 12.4. The molecule has 4 N–H and O–H groups in total. The molecule has 2 aromatic heterocycles. The molecule has 0 spiro atoms. The van der Waals surface area contributed by atoms with Crippen LogP contribution in [0.4, 0.5) is 0 Å². The molecule has 0 amide bonds. The topological polar surface area (TPSA) is 101 Å². The van der Waals surface area contributed by atoms with Crippen LogP contribution >= 0.6 is 27.3 Å². The minimum absolute atomic E-state index is 0.0256. The van der Waals surface area contributed by atoms with E-state index in [0.29, 0.717) is 5.56 Å². The number of aromatic amines is 1.